The molecule has 3 amide bonds. The Hall–Kier alpha value is -3.61. The minimum absolute atomic E-state index is 0.119. The molecule has 3 aromatic rings. The Kier molecular flexibility index (Phi) is 4.10. The lowest BCUT2D eigenvalue weighted by molar-refractivity contribution is 0.102. The lowest BCUT2D eigenvalue weighted by Gasteiger charge is -2.14. The quantitative estimate of drug-likeness (QED) is 0.758. The molecule has 7 heteroatoms. The summed E-state index contributed by atoms with van der Waals surface area (Å²) in [7, 11) is 0. The summed E-state index contributed by atoms with van der Waals surface area (Å²) in [6, 6.07) is 14.2. The van der Waals surface area contributed by atoms with E-state index in [1.54, 1.807) is 41.4 Å². The fourth-order valence-corrected chi connectivity index (χ4v) is 2.82. The molecule has 1 saturated heterocycles. The lowest BCUT2D eigenvalue weighted by atomic mass is 10.1. The molecule has 130 valence electrons. The zero-order valence-corrected chi connectivity index (χ0v) is 13.8. The maximum atomic E-state index is 12.5. The summed E-state index contributed by atoms with van der Waals surface area (Å²) in [6.07, 6.45) is 2.98. The monoisotopic (exact) mass is 348 g/mol. The number of rotatable bonds is 4. The minimum Gasteiger partial charge on any atom is -0.444 e. The Bertz CT molecular complexity index is 936. The normalized spacial score (nSPS) is 13.5. The van der Waals surface area contributed by atoms with Gasteiger partial charge in [-0.3, -0.25) is 9.69 Å². The number of hydrogen-bond donors (Lipinski definition) is 2. The molecule has 0 aliphatic carbocycles. The second-order valence-electron chi connectivity index (χ2n) is 5.83. The molecular weight excluding hydrogens is 332 g/mol. The van der Waals surface area contributed by atoms with Crippen molar-refractivity contribution in [1.29, 1.82) is 0 Å². The predicted octanol–water partition coefficient (Wildman–Crippen LogP) is 3.12. The van der Waals surface area contributed by atoms with Crippen LogP contribution in [0.2, 0.25) is 0 Å². The molecule has 0 spiro atoms. The van der Waals surface area contributed by atoms with Gasteiger partial charge in [-0.25, -0.2) is 9.78 Å². The van der Waals surface area contributed by atoms with E-state index in [-0.39, 0.29) is 11.9 Å². The molecule has 0 atom stereocenters. The van der Waals surface area contributed by atoms with Crippen molar-refractivity contribution in [3.63, 3.8) is 0 Å². The molecule has 2 heterocycles. The van der Waals surface area contributed by atoms with Crippen molar-refractivity contribution < 1.29 is 14.0 Å². The van der Waals surface area contributed by atoms with Crippen LogP contribution < -0.4 is 15.5 Å². The Labute approximate surface area is 149 Å². The van der Waals surface area contributed by atoms with Gasteiger partial charge < -0.3 is 15.1 Å². The van der Waals surface area contributed by atoms with Gasteiger partial charge in [-0.2, -0.15) is 0 Å². The van der Waals surface area contributed by atoms with Crippen LogP contribution in [0.1, 0.15) is 10.4 Å². The molecule has 7 nitrogen and oxygen atoms in total. The summed E-state index contributed by atoms with van der Waals surface area (Å²) in [5.74, 6) is 0.409. The van der Waals surface area contributed by atoms with Crippen molar-refractivity contribution in [3.05, 3.63) is 66.7 Å². The van der Waals surface area contributed by atoms with E-state index in [0.717, 1.165) is 11.3 Å². The maximum absolute atomic E-state index is 12.5. The van der Waals surface area contributed by atoms with Gasteiger partial charge in [0.15, 0.2) is 12.2 Å². The standard InChI is InChI=1S/C19H16N4O3/c24-18(13-4-6-16(7-5-13)23-9-8-21-19(23)25)22-15-3-1-2-14(10-15)17-11-20-12-26-17/h1-7,10-12H,8-9H2,(H,21,25)(H,22,24). The third-order valence-electron chi connectivity index (χ3n) is 4.14. The molecule has 0 saturated carbocycles. The van der Waals surface area contributed by atoms with E-state index in [1.807, 2.05) is 18.2 Å². The molecule has 4 rings (SSSR count). The summed E-state index contributed by atoms with van der Waals surface area (Å²) in [5, 5.41) is 5.61. The fraction of sp³-hybridized carbons (Fsp3) is 0.105. The maximum Gasteiger partial charge on any atom is 0.321 e. The van der Waals surface area contributed by atoms with Gasteiger partial charge >= 0.3 is 6.03 Å². The van der Waals surface area contributed by atoms with Crippen molar-refractivity contribution in [2.45, 2.75) is 0 Å². The van der Waals surface area contributed by atoms with Gasteiger partial charge in [0.25, 0.3) is 5.91 Å². The summed E-state index contributed by atoms with van der Waals surface area (Å²) in [4.78, 5) is 29.7. The first kappa shape index (κ1) is 15.9. The molecule has 1 aliphatic heterocycles. The van der Waals surface area contributed by atoms with Crippen LogP contribution >= 0.6 is 0 Å². The molecule has 26 heavy (non-hydrogen) atoms. The molecule has 1 fully saturated rings. The third-order valence-corrected chi connectivity index (χ3v) is 4.14. The number of urea groups is 1. The number of carbonyl (C=O) groups is 2. The molecule has 1 aliphatic rings. The van der Waals surface area contributed by atoms with E-state index in [4.69, 9.17) is 4.42 Å². The first-order chi connectivity index (χ1) is 12.7. The first-order valence-corrected chi connectivity index (χ1v) is 8.16. The molecule has 0 unspecified atom stereocenters. The number of hydrogen-bond acceptors (Lipinski definition) is 4. The summed E-state index contributed by atoms with van der Waals surface area (Å²) in [6.45, 7) is 1.25. The molecule has 2 aromatic carbocycles. The van der Waals surface area contributed by atoms with Gasteiger partial charge in [0.2, 0.25) is 0 Å². The van der Waals surface area contributed by atoms with Crippen molar-refractivity contribution in [2.75, 3.05) is 23.3 Å². The third kappa shape index (κ3) is 3.14. The molecule has 1 aromatic heterocycles. The van der Waals surface area contributed by atoms with Crippen LogP contribution in [0.5, 0.6) is 0 Å². The average Bonchev–Trinajstić information content (AvgIpc) is 3.34. The predicted molar refractivity (Wildman–Crippen MR) is 97.1 cm³/mol. The van der Waals surface area contributed by atoms with E-state index in [2.05, 4.69) is 15.6 Å². The lowest BCUT2D eigenvalue weighted by Crippen LogP contribution is -2.27. The highest BCUT2D eigenvalue weighted by Crippen LogP contribution is 2.23. The van der Waals surface area contributed by atoms with Crippen molar-refractivity contribution in [1.82, 2.24) is 10.3 Å². The topological polar surface area (TPSA) is 87.5 Å². The Morgan fingerprint density at radius 1 is 1.19 bits per heavy atom. The molecule has 0 radical (unpaired) electrons. The molecule has 0 bridgehead atoms. The van der Waals surface area contributed by atoms with Crippen LogP contribution in [-0.4, -0.2) is 30.0 Å². The van der Waals surface area contributed by atoms with E-state index in [0.29, 0.717) is 30.1 Å². The summed E-state index contributed by atoms with van der Waals surface area (Å²) in [5.41, 5.74) is 2.77. The number of carbonyl (C=O) groups excluding carboxylic acids is 2. The van der Waals surface area contributed by atoms with Crippen LogP contribution in [0.15, 0.2) is 65.5 Å². The second kappa shape index (κ2) is 6.72. The van der Waals surface area contributed by atoms with Gasteiger partial charge in [-0.1, -0.05) is 12.1 Å². The Balaban J connectivity index is 1.48. The smallest absolute Gasteiger partial charge is 0.321 e. The van der Waals surface area contributed by atoms with Crippen LogP contribution in [0, 0.1) is 0 Å². The van der Waals surface area contributed by atoms with Crippen molar-refractivity contribution in [2.24, 2.45) is 0 Å². The van der Waals surface area contributed by atoms with Crippen LogP contribution in [0.4, 0.5) is 16.2 Å². The summed E-state index contributed by atoms with van der Waals surface area (Å²) >= 11 is 0. The highest BCUT2D eigenvalue weighted by Gasteiger charge is 2.21. The largest absolute Gasteiger partial charge is 0.444 e. The number of amides is 3. The average molecular weight is 348 g/mol. The highest BCUT2D eigenvalue weighted by molar-refractivity contribution is 6.05. The van der Waals surface area contributed by atoms with E-state index in [1.165, 1.54) is 6.39 Å². The number of aromatic nitrogens is 1. The fourth-order valence-electron chi connectivity index (χ4n) is 2.82. The Morgan fingerprint density at radius 2 is 2.04 bits per heavy atom. The minimum atomic E-state index is -0.225. The second-order valence-corrected chi connectivity index (χ2v) is 5.83. The van der Waals surface area contributed by atoms with Gasteiger partial charge in [-0.05, 0) is 36.4 Å². The number of anilines is 2. The Morgan fingerprint density at radius 3 is 2.73 bits per heavy atom. The number of oxazole rings is 1. The zero-order valence-electron chi connectivity index (χ0n) is 13.8. The van der Waals surface area contributed by atoms with Gasteiger partial charge in [0, 0.05) is 35.6 Å². The number of nitrogens with zero attached hydrogens (tertiary/aromatic N) is 2. The zero-order chi connectivity index (χ0) is 17.9. The van der Waals surface area contributed by atoms with E-state index in [9.17, 15) is 9.59 Å². The van der Waals surface area contributed by atoms with E-state index >= 15 is 0 Å². The van der Waals surface area contributed by atoms with E-state index < -0.39 is 0 Å². The number of benzene rings is 2. The van der Waals surface area contributed by atoms with Gasteiger partial charge in [-0.15, -0.1) is 0 Å². The molecular formula is C19H16N4O3. The summed E-state index contributed by atoms with van der Waals surface area (Å²) < 4.78 is 5.27. The first-order valence-electron chi connectivity index (χ1n) is 8.16. The molecule has 2 N–H and O–H groups in total. The van der Waals surface area contributed by atoms with Gasteiger partial charge in [0.05, 0.1) is 6.20 Å². The number of nitrogens with one attached hydrogen (secondary N) is 2. The van der Waals surface area contributed by atoms with Crippen LogP contribution in [-0.2, 0) is 0 Å². The van der Waals surface area contributed by atoms with Crippen molar-refractivity contribution in [3.8, 4) is 11.3 Å². The van der Waals surface area contributed by atoms with Gasteiger partial charge in [0.1, 0.15) is 0 Å². The van der Waals surface area contributed by atoms with Crippen LogP contribution in [0.25, 0.3) is 11.3 Å². The van der Waals surface area contributed by atoms with Crippen molar-refractivity contribution >= 4 is 23.3 Å². The highest BCUT2D eigenvalue weighted by atomic mass is 16.3. The van der Waals surface area contributed by atoms with Crippen LogP contribution in [0.3, 0.4) is 0 Å². The SMILES string of the molecule is O=C(Nc1cccc(-c2cnco2)c1)c1ccc(N2CCNC2=O)cc1.